The number of carbonyl (C=O) groups is 3. The fraction of sp³-hybridized carbons (Fsp3) is 0.0500. The van der Waals surface area contributed by atoms with E-state index in [-0.39, 0.29) is 11.4 Å². The first-order chi connectivity index (χ1) is 12.9. The molecule has 0 aliphatic rings. The third-order valence-corrected chi connectivity index (χ3v) is 3.99. The molecule has 3 aromatic carbocycles. The molecule has 0 saturated carbocycles. The van der Waals surface area contributed by atoms with Crippen LogP contribution in [-0.2, 0) is 14.4 Å². The number of hydrogen-bond acceptors (Lipinski definition) is 5. The van der Waals surface area contributed by atoms with Crippen LogP contribution in [0.1, 0.15) is 6.92 Å². The highest BCUT2D eigenvalue weighted by Gasteiger charge is 2.27. The van der Waals surface area contributed by atoms with Gasteiger partial charge in [-0.2, -0.15) is 0 Å². The maximum absolute atomic E-state index is 12.6. The second-order valence-electron chi connectivity index (χ2n) is 5.89. The molecule has 0 heterocycles. The Balaban J connectivity index is 1.92. The molecule has 4 N–H and O–H groups in total. The van der Waals surface area contributed by atoms with Gasteiger partial charge in [-0.15, -0.1) is 0 Å². The maximum Gasteiger partial charge on any atom is 0.323 e. The van der Waals surface area contributed by atoms with Crippen LogP contribution in [0.5, 0.6) is 5.75 Å². The molecule has 0 spiro atoms. The van der Waals surface area contributed by atoms with Gasteiger partial charge >= 0.3 is 11.8 Å². The van der Waals surface area contributed by atoms with Crippen molar-refractivity contribution >= 4 is 45.6 Å². The standard InChI is InChI=1S/C20H17N3O4/c1-12(24)23(14-6-2-5-13(21)11-14)20(27)19(26)22-17-9-3-8-16-15(17)7-4-10-18(16)25/h2-11,25H,21H2,1H3,(H,22,26). The van der Waals surface area contributed by atoms with E-state index in [0.29, 0.717) is 22.1 Å². The number of nitrogens with zero attached hydrogens (tertiary/aromatic N) is 1. The van der Waals surface area contributed by atoms with Crippen LogP contribution in [0.25, 0.3) is 10.8 Å². The third kappa shape index (κ3) is 3.57. The number of fused-ring (bicyclic) bond motifs is 1. The van der Waals surface area contributed by atoms with Crippen molar-refractivity contribution in [3.8, 4) is 5.75 Å². The van der Waals surface area contributed by atoms with E-state index in [1.807, 2.05) is 0 Å². The molecule has 0 fully saturated rings. The topological polar surface area (TPSA) is 113 Å². The molecule has 27 heavy (non-hydrogen) atoms. The number of anilines is 3. The number of aromatic hydroxyl groups is 1. The van der Waals surface area contributed by atoms with E-state index in [9.17, 15) is 19.5 Å². The van der Waals surface area contributed by atoms with Crippen molar-refractivity contribution in [1.29, 1.82) is 0 Å². The first-order valence-corrected chi connectivity index (χ1v) is 8.10. The van der Waals surface area contributed by atoms with Gasteiger partial charge < -0.3 is 16.2 Å². The lowest BCUT2D eigenvalue weighted by molar-refractivity contribution is -0.136. The number of nitrogens with one attached hydrogen (secondary N) is 1. The van der Waals surface area contributed by atoms with Crippen LogP contribution >= 0.6 is 0 Å². The zero-order valence-electron chi connectivity index (χ0n) is 14.5. The Labute approximate surface area is 155 Å². The molecule has 3 amide bonds. The Kier molecular flexibility index (Phi) is 4.76. The molecule has 0 unspecified atom stereocenters. The Hall–Kier alpha value is -3.87. The number of carbonyl (C=O) groups excluding carboxylic acids is 3. The average Bonchev–Trinajstić information content (AvgIpc) is 2.62. The predicted molar refractivity (Wildman–Crippen MR) is 103 cm³/mol. The van der Waals surface area contributed by atoms with Crippen LogP contribution in [0.4, 0.5) is 17.1 Å². The molecule has 3 aromatic rings. The number of nitrogens with two attached hydrogens (primary N) is 1. The zero-order chi connectivity index (χ0) is 19.6. The number of nitrogen functional groups attached to an aromatic ring is 1. The van der Waals surface area contributed by atoms with E-state index in [1.165, 1.54) is 25.1 Å². The summed E-state index contributed by atoms with van der Waals surface area (Å²) < 4.78 is 0. The first kappa shape index (κ1) is 17.9. The average molecular weight is 363 g/mol. The predicted octanol–water partition coefficient (Wildman–Crippen LogP) is 2.65. The minimum Gasteiger partial charge on any atom is -0.507 e. The van der Waals surface area contributed by atoms with Gasteiger partial charge in [-0.25, -0.2) is 4.90 Å². The van der Waals surface area contributed by atoms with E-state index < -0.39 is 17.7 Å². The van der Waals surface area contributed by atoms with Crippen molar-refractivity contribution in [3.05, 3.63) is 60.7 Å². The smallest absolute Gasteiger partial charge is 0.323 e. The van der Waals surface area contributed by atoms with Gasteiger partial charge in [0.15, 0.2) is 0 Å². The lowest BCUT2D eigenvalue weighted by atomic mass is 10.1. The third-order valence-electron chi connectivity index (χ3n) is 3.99. The highest BCUT2D eigenvalue weighted by molar-refractivity contribution is 6.48. The molecule has 136 valence electrons. The first-order valence-electron chi connectivity index (χ1n) is 8.10. The number of benzene rings is 3. The summed E-state index contributed by atoms with van der Waals surface area (Å²) in [5, 5.41) is 13.5. The van der Waals surface area contributed by atoms with Crippen LogP contribution in [0.2, 0.25) is 0 Å². The minimum atomic E-state index is -1.04. The summed E-state index contributed by atoms with van der Waals surface area (Å²) in [5.41, 5.74) is 6.61. The summed E-state index contributed by atoms with van der Waals surface area (Å²) in [7, 11) is 0. The van der Waals surface area contributed by atoms with Crippen LogP contribution in [0, 0.1) is 0 Å². The minimum absolute atomic E-state index is 0.0556. The van der Waals surface area contributed by atoms with E-state index >= 15 is 0 Å². The lowest BCUT2D eigenvalue weighted by Crippen LogP contribution is -2.42. The van der Waals surface area contributed by atoms with Crippen molar-refractivity contribution in [2.45, 2.75) is 6.92 Å². The maximum atomic E-state index is 12.6. The number of rotatable bonds is 2. The van der Waals surface area contributed by atoms with Gasteiger partial charge in [0, 0.05) is 29.1 Å². The summed E-state index contributed by atoms with van der Waals surface area (Å²) in [6.45, 7) is 1.18. The molecule has 0 bridgehead atoms. The lowest BCUT2D eigenvalue weighted by Gasteiger charge is -2.19. The number of hydrogen-bond donors (Lipinski definition) is 3. The molecular weight excluding hydrogens is 346 g/mol. The van der Waals surface area contributed by atoms with E-state index in [0.717, 1.165) is 4.90 Å². The number of amides is 3. The second kappa shape index (κ2) is 7.17. The molecule has 0 aliphatic heterocycles. The molecule has 7 heteroatoms. The second-order valence-corrected chi connectivity index (χ2v) is 5.89. The quantitative estimate of drug-likeness (QED) is 0.478. The molecule has 3 rings (SSSR count). The van der Waals surface area contributed by atoms with Crippen LogP contribution in [0.3, 0.4) is 0 Å². The fourth-order valence-corrected chi connectivity index (χ4v) is 2.79. The van der Waals surface area contributed by atoms with Gasteiger partial charge in [-0.3, -0.25) is 14.4 Å². The number of phenolic OH excluding ortho intramolecular Hbond substituents is 1. The van der Waals surface area contributed by atoms with Crippen molar-refractivity contribution in [2.75, 3.05) is 16.0 Å². The van der Waals surface area contributed by atoms with Crippen LogP contribution < -0.4 is 16.0 Å². The van der Waals surface area contributed by atoms with Crippen molar-refractivity contribution < 1.29 is 19.5 Å². The Morgan fingerprint density at radius 3 is 2.33 bits per heavy atom. The Morgan fingerprint density at radius 2 is 1.63 bits per heavy atom. The van der Waals surface area contributed by atoms with E-state index in [4.69, 9.17) is 5.73 Å². The molecule has 7 nitrogen and oxygen atoms in total. The van der Waals surface area contributed by atoms with Crippen molar-refractivity contribution in [2.24, 2.45) is 0 Å². The van der Waals surface area contributed by atoms with E-state index in [2.05, 4.69) is 5.32 Å². The monoisotopic (exact) mass is 363 g/mol. The summed E-state index contributed by atoms with van der Waals surface area (Å²) in [5.74, 6) is -2.58. The molecule has 0 aliphatic carbocycles. The molecule has 0 atom stereocenters. The van der Waals surface area contributed by atoms with Gasteiger partial charge in [-0.05, 0) is 30.3 Å². The van der Waals surface area contributed by atoms with Crippen LogP contribution in [-0.4, -0.2) is 22.8 Å². The van der Waals surface area contributed by atoms with Crippen molar-refractivity contribution in [1.82, 2.24) is 0 Å². The molecule has 0 radical (unpaired) electrons. The Bertz CT molecular complexity index is 1060. The highest BCUT2D eigenvalue weighted by atomic mass is 16.3. The molecular formula is C20H17N3O4. The van der Waals surface area contributed by atoms with Gasteiger partial charge in [-0.1, -0.05) is 30.3 Å². The number of imide groups is 1. The van der Waals surface area contributed by atoms with Gasteiger partial charge in [0.05, 0.1) is 5.69 Å². The zero-order valence-corrected chi connectivity index (χ0v) is 14.5. The van der Waals surface area contributed by atoms with Gasteiger partial charge in [0.2, 0.25) is 5.91 Å². The Morgan fingerprint density at radius 1 is 0.963 bits per heavy atom. The van der Waals surface area contributed by atoms with Gasteiger partial charge in [0.1, 0.15) is 5.75 Å². The number of phenols is 1. The van der Waals surface area contributed by atoms with Gasteiger partial charge in [0.25, 0.3) is 0 Å². The summed E-state index contributed by atoms with van der Waals surface area (Å²) in [6.07, 6.45) is 0. The summed E-state index contributed by atoms with van der Waals surface area (Å²) in [6, 6.07) is 15.9. The fourth-order valence-electron chi connectivity index (χ4n) is 2.79. The summed E-state index contributed by atoms with van der Waals surface area (Å²) in [4.78, 5) is 37.8. The van der Waals surface area contributed by atoms with Crippen LogP contribution in [0.15, 0.2) is 60.7 Å². The molecule has 0 saturated heterocycles. The summed E-state index contributed by atoms with van der Waals surface area (Å²) >= 11 is 0. The largest absolute Gasteiger partial charge is 0.507 e. The SMILES string of the molecule is CC(=O)N(C(=O)C(=O)Nc1cccc2c(O)cccc12)c1cccc(N)c1. The molecule has 0 aromatic heterocycles. The highest BCUT2D eigenvalue weighted by Crippen LogP contribution is 2.30. The van der Waals surface area contributed by atoms with Crippen molar-refractivity contribution in [3.63, 3.8) is 0 Å². The normalized spacial score (nSPS) is 10.4. The van der Waals surface area contributed by atoms with E-state index in [1.54, 1.807) is 42.5 Å².